The number of aryl methyl sites for hydroxylation is 1. The van der Waals surface area contributed by atoms with Crippen molar-refractivity contribution in [3.8, 4) is 0 Å². The van der Waals surface area contributed by atoms with Crippen molar-refractivity contribution < 1.29 is 4.79 Å². The Hall–Kier alpha value is -0.150. The molecule has 0 aliphatic rings. The van der Waals surface area contributed by atoms with Crippen LogP contribution in [0.15, 0.2) is 22.7 Å². The molecule has 1 nitrogen and oxygen atoms in total. The highest BCUT2D eigenvalue weighted by molar-refractivity contribution is 9.10. The standard InChI is InChI=1S/C9H8Br2O/c10-4-3-8-5-7(6-12)1-2-9(8)11/h1-2,5-6H,3-4H2. The summed E-state index contributed by atoms with van der Waals surface area (Å²) < 4.78 is 1.06. The number of alkyl halides is 1. The Kier molecular flexibility index (Phi) is 3.95. The molecule has 0 saturated heterocycles. The molecular formula is C9H8Br2O. The van der Waals surface area contributed by atoms with Gasteiger partial charge in [0.05, 0.1) is 0 Å². The first kappa shape index (κ1) is 9.93. The summed E-state index contributed by atoms with van der Waals surface area (Å²) in [4.78, 5) is 10.4. The van der Waals surface area contributed by atoms with Crippen LogP contribution in [0.5, 0.6) is 0 Å². The number of carbonyl (C=O) groups is 1. The second kappa shape index (κ2) is 4.77. The van der Waals surface area contributed by atoms with Gasteiger partial charge in [0.15, 0.2) is 0 Å². The van der Waals surface area contributed by atoms with Crippen molar-refractivity contribution in [2.75, 3.05) is 5.33 Å². The third kappa shape index (κ3) is 2.42. The SMILES string of the molecule is O=Cc1ccc(Br)c(CCBr)c1. The number of carbonyl (C=O) groups excluding carboxylic acids is 1. The van der Waals surface area contributed by atoms with E-state index < -0.39 is 0 Å². The van der Waals surface area contributed by atoms with Crippen molar-refractivity contribution >= 4 is 38.1 Å². The van der Waals surface area contributed by atoms with Crippen LogP contribution < -0.4 is 0 Å². The van der Waals surface area contributed by atoms with E-state index in [0.29, 0.717) is 0 Å². The third-order valence-electron chi connectivity index (χ3n) is 1.57. The molecule has 64 valence electrons. The van der Waals surface area contributed by atoms with Crippen molar-refractivity contribution in [2.24, 2.45) is 0 Å². The lowest BCUT2D eigenvalue weighted by Crippen LogP contribution is -1.90. The molecule has 0 N–H and O–H groups in total. The summed E-state index contributed by atoms with van der Waals surface area (Å²) in [6, 6.07) is 5.61. The van der Waals surface area contributed by atoms with Crippen molar-refractivity contribution in [3.05, 3.63) is 33.8 Å². The van der Waals surface area contributed by atoms with E-state index >= 15 is 0 Å². The van der Waals surface area contributed by atoms with Crippen LogP contribution in [-0.4, -0.2) is 11.6 Å². The van der Waals surface area contributed by atoms with E-state index in [1.807, 2.05) is 12.1 Å². The third-order valence-corrected chi connectivity index (χ3v) is 2.74. The molecule has 0 aliphatic carbocycles. The maximum Gasteiger partial charge on any atom is 0.150 e. The van der Waals surface area contributed by atoms with Crippen LogP contribution in [0.1, 0.15) is 15.9 Å². The number of benzene rings is 1. The topological polar surface area (TPSA) is 17.1 Å². The quantitative estimate of drug-likeness (QED) is 0.617. The van der Waals surface area contributed by atoms with Crippen LogP contribution in [0.2, 0.25) is 0 Å². The van der Waals surface area contributed by atoms with Crippen molar-refractivity contribution in [1.82, 2.24) is 0 Å². The maximum atomic E-state index is 10.4. The number of hydrogen-bond donors (Lipinski definition) is 0. The van der Waals surface area contributed by atoms with Gasteiger partial charge in [0.2, 0.25) is 0 Å². The maximum absolute atomic E-state index is 10.4. The van der Waals surface area contributed by atoms with E-state index in [-0.39, 0.29) is 0 Å². The van der Waals surface area contributed by atoms with Gasteiger partial charge in [0.25, 0.3) is 0 Å². The van der Waals surface area contributed by atoms with E-state index in [1.54, 1.807) is 6.07 Å². The first-order valence-corrected chi connectivity index (χ1v) is 5.49. The lowest BCUT2D eigenvalue weighted by atomic mass is 10.1. The van der Waals surface area contributed by atoms with Gasteiger partial charge < -0.3 is 0 Å². The summed E-state index contributed by atoms with van der Waals surface area (Å²) in [6.45, 7) is 0. The average molecular weight is 292 g/mol. The van der Waals surface area contributed by atoms with E-state index in [9.17, 15) is 4.79 Å². The average Bonchev–Trinajstić information content (AvgIpc) is 2.09. The summed E-state index contributed by atoms with van der Waals surface area (Å²) in [5, 5.41) is 0.911. The number of aldehydes is 1. The molecule has 0 heterocycles. The molecule has 0 amide bonds. The largest absolute Gasteiger partial charge is 0.298 e. The zero-order chi connectivity index (χ0) is 8.97. The molecule has 3 heteroatoms. The number of halogens is 2. The van der Waals surface area contributed by atoms with Crippen molar-refractivity contribution in [3.63, 3.8) is 0 Å². The fourth-order valence-electron chi connectivity index (χ4n) is 0.961. The Bertz CT molecular complexity index is 284. The molecule has 0 atom stereocenters. The summed E-state index contributed by atoms with van der Waals surface area (Å²) in [5.74, 6) is 0. The normalized spacial score (nSPS) is 9.83. The lowest BCUT2D eigenvalue weighted by molar-refractivity contribution is 0.112. The van der Waals surface area contributed by atoms with Crippen LogP contribution in [0.25, 0.3) is 0 Å². The molecule has 0 bridgehead atoms. The van der Waals surface area contributed by atoms with Gasteiger partial charge in [-0.05, 0) is 24.1 Å². The summed E-state index contributed by atoms with van der Waals surface area (Å²) in [7, 11) is 0. The van der Waals surface area contributed by atoms with Crippen LogP contribution in [0.4, 0.5) is 0 Å². The van der Waals surface area contributed by atoms with Crippen LogP contribution in [-0.2, 0) is 6.42 Å². The molecule has 0 aliphatic heterocycles. The zero-order valence-electron chi connectivity index (χ0n) is 6.39. The minimum absolute atomic E-state index is 0.731. The van der Waals surface area contributed by atoms with E-state index in [4.69, 9.17) is 0 Å². The van der Waals surface area contributed by atoms with Gasteiger partial charge in [0.1, 0.15) is 6.29 Å². The van der Waals surface area contributed by atoms with E-state index in [0.717, 1.165) is 33.6 Å². The Morgan fingerprint density at radius 2 is 2.17 bits per heavy atom. The van der Waals surface area contributed by atoms with Gasteiger partial charge in [-0.3, -0.25) is 4.79 Å². The smallest absolute Gasteiger partial charge is 0.150 e. The highest BCUT2D eigenvalue weighted by Gasteiger charge is 1.99. The van der Waals surface area contributed by atoms with Gasteiger partial charge in [-0.15, -0.1) is 0 Å². The summed E-state index contributed by atoms with van der Waals surface area (Å²) in [6.07, 6.45) is 1.80. The molecule has 1 aromatic carbocycles. The van der Waals surface area contributed by atoms with Gasteiger partial charge >= 0.3 is 0 Å². The Morgan fingerprint density at radius 1 is 1.42 bits per heavy atom. The van der Waals surface area contributed by atoms with Gasteiger partial charge in [-0.25, -0.2) is 0 Å². The Labute approximate surface area is 88.4 Å². The first-order chi connectivity index (χ1) is 5.77. The Balaban J connectivity index is 2.99. The first-order valence-electron chi connectivity index (χ1n) is 3.57. The van der Waals surface area contributed by atoms with Crippen LogP contribution >= 0.6 is 31.9 Å². The fourth-order valence-corrected chi connectivity index (χ4v) is 1.83. The predicted octanol–water partition coefficient (Wildman–Crippen LogP) is 3.20. The second-order valence-electron chi connectivity index (χ2n) is 2.41. The Morgan fingerprint density at radius 3 is 2.75 bits per heavy atom. The van der Waals surface area contributed by atoms with E-state index in [1.165, 1.54) is 0 Å². The highest BCUT2D eigenvalue weighted by Crippen LogP contribution is 2.18. The molecule has 0 saturated carbocycles. The summed E-state index contributed by atoms with van der Waals surface area (Å²) >= 11 is 6.78. The molecule has 0 unspecified atom stereocenters. The monoisotopic (exact) mass is 290 g/mol. The molecule has 1 aromatic rings. The van der Waals surface area contributed by atoms with Gasteiger partial charge in [-0.2, -0.15) is 0 Å². The minimum atomic E-state index is 0.731. The second-order valence-corrected chi connectivity index (χ2v) is 4.06. The highest BCUT2D eigenvalue weighted by atomic mass is 79.9. The molecule has 1 rings (SSSR count). The predicted molar refractivity (Wildman–Crippen MR) is 57.0 cm³/mol. The molecule has 0 aromatic heterocycles. The molecule has 0 spiro atoms. The number of rotatable bonds is 3. The molecule has 0 fully saturated rings. The zero-order valence-corrected chi connectivity index (χ0v) is 9.56. The van der Waals surface area contributed by atoms with Crippen LogP contribution in [0, 0.1) is 0 Å². The number of hydrogen-bond acceptors (Lipinski definition) is 1. The van der Waals surface area contributed by atoms with E-state index in [2.05, 4.69) is 31.9 Å². The lowest BCUT2D eigenvalue weighted by Gasteiger charge is -2.01. The molecule has 0 radical (unpaired) electrons. The van der Waals surface area contributed by atoms with Crippen LogP contribution in [0.3, 0.4) is 0 Å². The fraction of sp³-hybridized carbons (Fsp3) is 0.222. The van der Waals surface area contributed by atoms with Gasteiger partial charge in [0, 0.05) is 15.4 Å². The minimum Gasteiger partial charge on any atom is -0.298 e. The molecule has 12 heavy (non-hydrogen) atoms. The van der Waals surface area contributed by atoms with Gasteiger partial charge in [-0.1, -0.05) is 37.9 Å². The van der Waals surface area contributed by atoms with Crippen molar-refractivity contribution in [1.29, 1.82) is 0 Å². The summed E-state index contributed by atoms with van der Waals surface area (Å²) in [5.41, 5.74) is 1.89. The molecular weight excluding hydrogens is 284 g/mol. The van der Waals surface area contributed by atoms with Crippen molar-refractivity contribution in [2.45, 2.75) is 6.42 Å².